The van der Waals surface area contributed by atoms with Crippen molar-refractivity contribution in [2.45, 2.75) is 26.2 Å². The van der Waals surface area contributed by atoms with E-state index in [0.29, 0.717) is 12.4 Å². The first-order valence-corrected chi connectivity index (χ1v) is 4.95. The van der Waals surface area contributed by atoms with E-state index in [1.807, 2.05) is 19.1 Å². The van der Waals surface area contributed by atoms with Crippen LogP contribution in [0.1, 0.15) is 26.3 Å². The molecule has 0 aliphatic carbocycles. The molecule has 1 aromatic carbocycles. The lowest BCUT2D eigenvalue weighted by atomic mass is 9.85. The number of benzene rings is 1. The molecule has 0 spiro atoms. The molecule has 1 rings (SSSR count). The number of carboxylic acid groups (broad SMARTS) is 1. The average molecular weight is 208 g/mol. The molecule has 0 aromatic heterocycles. The quantitative estimate of drug-likeness (QED) is 0.826. The Morgan fingerprint density at radius 3 is 2.67 bits per heavy atom. The number of ether oxygens (including phenoxy) is 1. The number of hydrogen-bond acceptors (Lipinski definition) is 2. The van der Waals surface area contributed by atoms with Crippen LogP contribution in [0.15, 0.2) is 24.3 Å². The van der Waals surface area contributed by atoms with Crippen molar-refractivity contribution in [2.24, 2.45) is 0 Å². The third kappa shape index (κ3) is 2.49. The molecule has 0 heterocycles. The molecule has 15 heavy (non-hydrogen) atoms. The van der Waals surface area contributed by atoms with Gasteiger partial charge in [-0.05, 0) is 38.5 Å². The van der Waals surface area contributed by atoms with Crippen molar-refractivity contribution in [3.05, 3.63) is 29.8 Å². The Kier molecular flexibility index (Phi) is 3.35. The van der Waals surface area contributed by atoms with Gasteiger partial charge < -0.3 is 9.84 Å². The van der Waals surface area contributed by atoms with Gasteiger partial charge >= 0.3 is 5.97 Å². The molecule has 0 fully saturated rings. The highest BCUT2D eigenvalue weighted by Gasteiger charge is 2.29. The fourth-order valence-corrected chi connectivity index (χ4v) is 1.26. The summed E-state index contributed by atoms with van der Waals surface area (Å²) >= 11 is 0. The molecule has 82 valence electrons. The zero-order chi connectivity index (χ0) is 11.5. The summed E-state index contributed by atoms with van der Waals surface area (Å²) < 4.78 is 5.33. The first kappa shape index (κ1) is 11.6. The molecular weight excluding hydrogens is 192 g/mol. The van der Waals surface area contributed by atoms with E-state index in [0.717, 1.165) is 5.56 Å². The SMILES string of the molecule is CCOc1cccc(C(C)(C)C(=O)O)c1. The van der Waals surface area contributed by atoms with E-state index in [-0.39, 0.29) is 0 Å². The van der Waals surface area contributed by atoms with Crippen molar-refractivity contribution >= 4 is 5.97 Å². The summed E-state index contributed by atoms with van der Waals surface area (Å²) in [7, 11) is 0. The second-order valence-electron chi connectivity index (χ2n) is 3.89. The highest BCUT2D eigenvalue weighted by atomic mass is 16.5. The van der Waals surface area contributed by atoms with Gasteiger partial charge in [0.15, 0.2) is 0 Å². The molecule has 0 radical (unpaired) electrons. The minimum atomic E-state index is -0.882. The third-order valence-corrected chi connectivity index (χ3v) is 2.40. The highest BCUT2D eigenvalue weighted by Crippen LogP contribution is 2.26. The maximum Gasteiger partial charge on any atom is 0.313 e. The second-order valence-corrected chi connectivity index (χ2v) is 3.89. The largest absolute Gasteiger partial charge is 0.494 e. The predicted octanol–water partition coefficient (Wildman–Crippen LogP) is 2.45. The standard InChI is InChI=1S/C12H16O3/c1-4-15-10-7-5-6-9(8-10)12(2,3)11(13)14/h5-8H,4H2,1-3H3,(H,13,14). The van der Waals surface area contributed by atoms with Crippen molar-refractivity contribution in [3.63, 3.8) is 0 Å². The topological polar surface area (TPSA) is 46.5 Å². The van der Waals surface area contributed by atoms with Crippen molar-refractivity contribution < 1.29 is 14.6 Å². The summed E-state index contributed by atoms with van der Waals surface area (Å²) in [5.41, 5.74) is -0.131. The minimum Gasteiger partial charge on any atom is -0.494 e. The maximum atomic E-state index is 11.0. The molecule has 0 aliphatic heterocycles. The Hall–Kier alpha value is -1.51. The normalized spacial score (nSPS) is 11.1. The van der Waals surface area contributed by atoms with E-state index in [4.69, 9.17) is 9.84 Å². The third-order valence-electron chi connectivity index (χ3n) is 2.40. The van der Waals surface area contributed by atoms with Gasteiger partial charge in [0.05, 0.1) is 12.0 Å². The Balaban J connectivity index is 3.04. The van der Waals surface area contributed by atoms with Crippen LogP contribution in [0.25, 0.3) is 0 Å². The van der Waals surface area contributed by atoms with Gasteiger partial charge in [0.2, 0.25) is 0 Å². The average Bonchev–Trinajstić information content (AvgIpc) is 2.18. The minimum absolute atomic E-state index is 0.580. The number of aliphatic carboxylic acids is 1. The zero-order valence-corrected chi connectivity index (χ0v) is 9.28. The molecule has 0 aliphatic rings. The van der Waals surface area contributed by atoms with Crippen molar-refractivity contribution in [3.8, 4) is 5.75 Å². The van der Waals surface area contributed by atoms with Crippen LogP contribution < -0.4 is 4.74 Å². The van der Waals surface area contributed by atoms with Crippen LogP contribution in [0.4, 0.5) is 0 Å². The number of hydrogen-bond donors (Lipinski definition) is 1. The number of carboxylic acids is 1. The van der Waals surface area contributed by atoms with Crippen LogP contribution in [0, 0.1) is 0 Å². The lowest BCUT2D eigenvalue weighted by molar-refractivity contribution is -0.142. The van der Waals surface area contributed by atoms with Gasteiger partial charge in [-0.2, -0.15) is 0 Å². The molecule has 0 saturated heterocycles. The van der Waals surface area contributed by atoms with Crippen LogP contribution in [0.2, 0.25) is 0 Å². The summed E-state index contributed by atoms with van der Waals surface area (Å²) in [5.74, 6) is -0.125. The number of rotatable bonds is 4. The highest BCUT2D eigenvalue weighted by molar-refractivity contribution is 5.80. The van der Waals surface area contributed by atoms with Gasteiger partial charge in [-0.1, -0.05) is 12.1 Å². The van der Waals surface area contributed by atoms with Crippen molar-refractivity contribution in [2.75, 3.05) is 6.61 Å². The molecule has 3 nitrogen and oxygen atoms in total. The Bertz CT molecular complexity index is 356. The Labute approximate surface area is 89.7 Å². The predicted molar refractivity (Wildman–Crippen MR) is 58.3 cm³/mol. The summed E-state index contributed by atoms with van der Waals surface area (Å²) in [6.07, 6.45) is 0. The van der Waals surface area contributed by atoms with E-state index >= 15 is 0 Å². The smallest absolute Gasteiger partial charge is 0.313 e. The van der Waals surface area contributed by atoms with E-state index in [1.54, 1.807) is 26.0 Å². The number of carbonyl (C=O) groups is 1. The summed E-state index contributed by atoms with van der Waals surface area (Å²) in [5, 5.41) is 9.07. The van der Waals surface area contributed by atoms with Crippen LogP contribution in [0.3, 0.4) is 0 Å². The fourth-order valence-electron chi connectivity index (χ4n) is 1.26. The fraction of sp³-hybridized carbons (Fsp3) is 0.417. The molecule has 1 aromatic rings. The second kappa shape index (κ2) is 4.34. The molecular formula is C12H16O3. The van der Waals surface area contributed by atoms with Gasteiger partial charge in [-0.3, -0.25) is 4.79 Å². The monoisotopic (exact) mass is 208 g/mol. The van der Waals surface area contributed by atoms with E-state index < -0.39 is 11.4 Å². The van der Waals surface area contributed by atoms with Crippen LogP contribution in [-0.4, -0.2) is 17.7 Å². The first-order valence-electron chi connectivity index (χ1n) is 4.95. The summed E-state index contributed by atoms with van der Waals surface area (Å²) in [6.45, 7) is 5.84. The Morgan fingerprint density at radius 1 is 1.47 bits per heavy atom. The molecule has 0 saturated carbocycles. The molecule has 3 heteroatoms. The molecule has 1 N–H and O–H groups in total. The van der Waals surface area contributed by atoms with Crippen LogP contribution in [-0.2, 0) is 10.2 Å². The molecule has 0 unspecified atom stereocenters. The van der Waals surface area contributed by atoms with Crippen molar-refractivity contribution in [1.29, 1.82) is 0 Å². The lowest BCUT2D eigenvalue weighted by Gasteiger charge is -2.20. The zero-order valence-electron chi connectivity index (χ0n) is 9.28. The van der Waals surface area contributed by atoms with E-state index in [1.165, 1.54) is 0 Å². The van der Waals surface area contributed by atoms with Gasteiger partial charge in [0, 0.05) is 0 Å². The van der Waals surface area contributed by atoms with E-state index in [9.17, 15) is 4.79 Å². The summed E-state index contributed by atoms with van der Waals surface area (Å²) in [6, 6.07) is 7.21. The van der Waals surface area contributed by atoms with Crippen LogP contribution >= 0.6 is 0 Å². The van der Waals surface area contributed by atoms with Gasteiger partial charge in [0.25, 0.3) is 0 Å². The van der Waals surface area contributed by atoms with Crippen LogP contribution in [0.5, 0.6) is 5.75 Å². The lowest BCUT2D eigenvalue weighted by Crippen LogP contribution is -2.28. The van der Waals surface area contributed by atoms with E-state index in [2.05, 4.69) is 0 Å². The molecule has 0 amide bonds. The van der Waals surface area contributed by atoms with Crippen molar-refractivity contribution in [1.82, 2.24) is 0 Å². The molecule has 0 bridgehead atoms. The first-order chi connectivity index (χ1) is 6.98. The maximum absolute atomic E-state index is 11.0. The van der Waals surface area contributed by atoms with Gasteiger partial charge in [0.1, 0.15) is 5.75 Å². The van der Waals surface area contributed by atoms with Gasteiger partial charge in [-0.15, -0.1) is 0 Å². The van der Waals surface area contributed by atoms with Gasteiger partial charge in [-0.25, -0.2) is 0 Å². The Morgan fingerprint density at radius 2 is 2.13 bits per heavy atom. The molecule has 0 atom stereocenters. The summed E-state index contributed by atoms with van der Waals surface area (Å²) in [4.78, 5) is 11.0.